The maximum Gasteiger partial charge on any atom is 0.243 e. The fourth-order valence-electron chi connectivity index (χ4n) is 2.34. The normalized spacial score (nSPS) is 13.0. The number of sulfonamides is 1. The van der Waals surface area contributed by atoms with E-state index in [4.69, 9.17) is 5.73 Å². The second-order valence-corrected chi connectivity index (χ2v) is 8.67. The summed E-state index contributed by atoms with van der Waals surface area (Å²) in [7, 11) is -1.90. The number of hydrogen-bond donors (Lipinski definition) is 1. The third-order valence-electron chi connectivity index (χ3n) is 3.44. The Labute approximate surface area is 123 Å². The molecule has 0 radical (unpaired) electrons. The number of nitrogens with two attached hydrogens (primary N) is 1. The second-order valence-electron chi connectivity index (χ2n) is 6.68. The molecule has 4 nitrogen and oxygen atoms in total. The predicted molar refractivity (Wildman–Crippen MR) is 84.3 cm³/mol. The van der Waals surface area contributed by atoms with Crippen LogP contribution in [0.3, 0.4) is 0 Å². The van der Waals surface area contributed by atoms with Crippen molar-refractivity contribution in [3.05, 3.63) is 22.8 Å². The maximum absolute atomic E-state index is 12.8. The number of hydrogen-bond acceptors (Lipinski definition) is 3. The molecule has 1 rings (SSSR count). The van der Waals surface area contributed by atoms with E-state index in [1.807, 2.05) is 40.7 Å². The van der Waals surface area contributed by atoms with Crippen LogP contribution < -0.4 is 5.73 Å². The summed E-state index contributed by atoms with van der Waals surface area (Å²) in [4.78, 5) is 0.349. The molecular weight excluding hydrogens is 272 g/mol. The van der Waals surface area contributed by atoms with Crippen LogP contribution in [0.4, 0.5) is 5.69 Å². The highest BCUT2D eigenvalue weighted by atomic mass is 32.2. The van der Waals surface area contributed by atoms with Crippen molar-refractivity contribution < 1.29 is 8.42 Å². The number of anilines is 1. The molecule has 0 saturated heterocycles. The minimum absolute atomic E-state index is 0.0982. The molecule has 0 unspecified atom stereocenters. The van der Waals surface area contributed by atoms with Gasteiger partial charge in [0.2, 0.25) is 10.0 Å². The van der Waals surface area contributed by atoms with Gasteiger partial charge in [0.05, 0.1) is 4.90 Å². The topological polar surface area (TPSA) is 63.4 Å². The minimum atomic E-state index is -3.53. The van der Waals surface area contributed by atoms with Gasteiger partial charge in [-0.15, -0.1) is 0 Å². The average molecular weight is 298 g/mol. The lowest BCUT2D eigenvalue weighted by Crippen LogP contribution is -2.35. The first kappa shape index (κ1) is 17.0. The van der Waals surface area contributed by atoms with Crippen molar-refractivity contribution in [2.75, 3.05) is 19.3 Å². The van der Waals surface area contributed by atoms with Crippen molar-refractivity contribution >= 4 is 15.7 Å². The van der Waals surface area contributed by atoms with E-state index in [1.165, 1.54) is 4.31 Å². The van der Waals surface area contributed by atoms with Gasteiger partial charge in [-0.1, -0.05) is 20.8 Å². The second kappa shape index (κ2) is 5.37. The SMILES string of the molecule is Cc1cc(N)c(C)c(S(=O)(=O)N(C)CC(C)(C)C)c1C. The van der Waals surface area contributed by atoms with Crippen molar-refractivity contribution in [2.45, 2.75) is 46.4 Å². The molecule has 0 aliphatic carbocycles. The number of nitrogens with zero attached hydrogens (tertiary/aromatic N) is 1. The van der Waals surface area contributed by atoms with Gasteiger partial charge in [-0.2, -0.15) is 0 Å². The standard InChI is InChI=1S/C15H26N2O2S/c1-10-8-13(16)12(3)14(11(10)2)20(18,19)17(7)9-15(4,5)6/h8H,9,16H2,1-7H3. The Morgan fingerprint density at radius 1 is 1.15 bits per heavy atom. The van der Waals surface area contributed by atoms with Crippen LogP contribution in [0.1, 0.15) is 37.5 Å². The van der Waals surface area contributed by atoms with Crippen LogP contribution in [-0.2, 0) is 10.0 Å². The first-order valence-electron chi connectivity index (χ1n) is 6.70. The molecule has 0 aliphatic rings. The summed E-state index contributed by atoms with van der Waals surface area (Å²) in [6.07, 6.45) is 0. The largest absolute Gasteiger partial charge is 0.398 e. The van der Waals surface area contributed by atoms with E-state index in [2.05, 4.69) is 0 Å². The molecule has 0 atom stereocenters. The molecule has 114 valence electrons. The minimum Gasteiger partial charge on any atom is -0.398 e. The number of aryl methyl sites for hydroxylation is 1. The third-order valence-corrected chi connectivity index (χ3v) is 5.52. The molecule has 20 heavy (non-hydrogen) atoms. The van der Waals surface area contributed by atoms with Crippen LogP contribution in [0.15, 0.2) is 11.0 Å². The van der Waals surface area contributed by atoms with Gasteiger partial charge in [-0.3, -0.25) is 0 Å². The first-order chi connectivity index (χ1) is 8.88. The summed E-state index contributed by atoms with van der Waals surface area (Å²) in [5, 5.41) is 0. The van der Waals surface area contributed by atoms with E-state index < -0.39 is 10.0 Å². The van der Waals surface area contributed by atoms with Gasteiger partial charge in [0.15, 0.2) is 0 Å². The third kappa shape index (κ3) is 3.33. The van der Waals surface area contributed by atoms with Gasteiger partial charge in [0.25, 0.3) is 0 Å². The van der Waals surface area contributed by atoms with Gasteiger partial charge < -0.3 is 5.73 Å². The molecule has 0 aromatic heterocycles. The number of nitrogen functional groups attached to an aromatic ring is 1. The van der Waals surface area contributed by atoms with E-state index in [0.717, 1.165) is 11.1 Å². The van der Waals surface area contributed by atoms with Gasteiger partial charge in [-0.25, -0.2) is 12.7 Å². The summed E-state index contributed by atoms with van der Waals surface area (Å²) in [6, 6.07) is 1.83. The summed E-state index contributed by atoms with van der Waals surface area (Å²) in [5.41, 5.74) is 8.66. The lowest BCUT2D eigenvalue weighted by molar-refractivity contribution is 0.310. The summed E-state index contributed by atoms with van der Waals surface area (Å²) >= 11 is 0. The van der Waals surface area contributed by atoms with Gasteiger partial charge >= 0.3 is 0 Å². The zero-order valence-corrected chi connectivity index (χ0v) is 14.4. The molecule has 0 bridgehead atoms. The van der Waals surface area contributed by atoms with Crippen LogP contribution in [-0.4, -0.2) is 26.3 Å². The Hall–Kier alpha value is -1.07. The highest BCUT2D eigenvalue weighted by Gasteiger charge is 2.29. The van der Waals surface area contributed by atoms with E-state index in [0.29, 0.717) is 22.7 Å². The summed E-state index contributed by atoms with van der Waals surface area (Å²) in [5.74, 6) is 0. The monoisotopic (exact) mass is 298 g/mol. The molecule has 0 heterocycles. The zero-order valence-electron chi connectivity index (χ0n) is 13.5. The molecule has 1 aromatic rings. The van der Waals surface area contributed by atoms with Crippen molar-refractivity contribution in [1.29, 1.82) is 0 Å². The molecule has 2 N–H and O–H groups in total. The number of rotatable bonds is 3. The van der Waals surface area contributed by atoms with Crippen molar-refractivity contribution in [2.24, 2.45) is 5.41 Å². The Morgan fingerprint density at radius 2 is 1.65 bits per heavy atom. The lowest BCUT2D eigenvalue weighted by atomic mass is 9.97. The Bertz CT molecular complexity index is 587. The smallest absolute Gasteiger partial charge is 0.243 e. The Balaban J connectivity index is 3.44. The van der Waals surface area contributed by atoms with Crippen LogP contribution in [0, 0.1) is 26.2 Å². The van der Waals surface area contributed by atoms with Crippen LogP contribution >= 0.6 is 0 Å². The molecule has 0 fully saturated rings. The van der Waals surface area contributed by atoms with Crippen molar-refractivity contribution in [3.63, 3.8) is 0 Å². The molecule has 0 aliphatic heterocycles. The van der Waals surface area contributed by atoms with E-state index in [1.54, 1.807) is 14.0 Å². The summed E-state index contributed by atoms with van der Waals surface area (Å²) in [6.45, 7) is 12.0. The van der Waals surface area contributed by atoms with Crippen molar-refractivity contribution in [1.82, 2.24) is 4.31 Å². The lowest BCUT2D eigenvalue weighted by Gasteiger charge is -2.27. The van der Waals surface area contributed by atoms with Crippen LogP contribution in [0.25, 0.3) is 0 Å². The highest BCUT2D eigenvalue weighted by molar-refractivity contribution is 7.89. The maximum atomic E-state index is 12.8. The molecule has 1 aromatic carbocycles. The van der Waals surface area contributed by atoms with E-state index in [9.17, 15) is 8.42 Å². The van der Waals surface area contributed by atoms with Gasteiger partial charge in [-0.05, 0) is 48.9 Å². The molecule has 0 saturated carbocycles. The Kier molecular flexibility index (Phi) is 4.56. The fraction of sp³-hybridized carbons (Fsp3) is 0.600. The molecular formula is C15H26N2O2S. The molecule has 5 heteroatoms. The van der Waals surface area contributed by atoms with Gasteiger partial charge in [0, 0.05) is 19.3 Å². The highest BCUT2D eigenvalue weighted by Crippen LogP contribution is 2.30. The zero-order chi connectivity index (χ0) is 15.9. The van der Waals surface area contributed by atoms with Crippen molar-refractivity contribution in [3.8, 4) is 0 Å². The Morgan fingerprint density at radius 3 is 2.10 bits per heavy atom. The molecule has 0 spiro atoms. The van der Waals surface area contributed by atoms with Gasteiger partial charge in [0.1, 0.15) is 0 Å². The van der Waals surface area contributed by atoms with E-state index in [-0.39, 0.29) is 5.41 Å². The summed E-state index contributed by atoms with van der Waals surface area (Å²) < 4.78 is 27.1. The van der Waals surface area contributed by atoms with E-state index >= 15 is 0 Å². The van der Waals surface area contributed by atoms with Crippen LogP contribution in [0.2, 0.25) is 0 Å². The first-order valence-corrected chi connectivity index (χ1v) is 8.14. The number of benzene rings is 1. The predicted octanol–water partition coefficient (Wildman–Crippen LogP) is 2.86. The fourth-order valence-corrected chi connectivity index (χ4v) is 4.26. The van der Waals surface area contributed by atoms with Crippen LogP contribution in [0.5, 0.6) is 0 Å². The average Bonchev–Trinajstić information content (AvgIpc) is 2.24. The quantitative estimate of drug-likeness (QED) is 0.873. The molecule has 0 amide bonds.